The highest BCUT2D eigenvalue weighted by atomic mass is 16.4. The van der Waals surface area contributed by atoms with Gasteiger partial charge in [0.25, 0.3) is 0 Å². The van der Waals surface area contributed by atoms with Crippen LogP contribution in [0.3, 0.4) is 0 Å². The Kier molecular flexibility index (Phi) is 11.6. The lowest BCUT2D eigenvalue weighted by atomic mass is 10.0. The largest absolute Gasteiger partial charge is 0.508 e. The van der Waals surface area contributed by atoms with Gasteiger partial charge in [-0.15, -0.1) is 0 Å². The number of nitrogens with one attached hydrogen (secondary N) is 3. The number of aliphatic carboxylic acids is 2. The molecule has 0 heterocycles. The molecule has 4 amide bonds. The summed E-state index contributed by atoms with van der Waals surface area (Å²) in [7, 11) is 0. The molecule has 2 rings (SSSR count). The van der Waals surface area contributed by atoms with Gasteiger partial charge in [-0.2, -0.15) is 0 Å². The summed E-state index contributed by atoms with van der Waals surface area (Å²) in [6.07, 6.45) is -1.86. The molecule has 2 aromatic rings. The molecule has 220 valence electrons. The fourth-order valence-electron chi connectivity index (χ4n) is 3.66. The zero-order valence-corrected chi connectivity index (χ0v) is 21.6. The van der Waals surface area contributed by atoms with Crippen molar-refractivity contribution < 1.29 is 49.2 Å². The molecule has 15 heteroatoms. The molecule has 4 unspecified atom stereocenters. The molecule has 0 aliphatic carbocycles. The van der Waals surface area contributed by atoms with Crippen LogP contribution in [0, 0.1) is 0 Å². The molecule has 0 bridgehead atoms. The molecule has 11 N–H and O–H groups in total. The third-order valence-electron chi connectivity index (χ3n) is 5.77. The van der Waals surface area contributed by atoms with Crippen LogP contribution in [0.1, 0.15) is 24.0 Å². The van der Waals surface area contributed by atoms with Crippen molar-refractivity contribution in [3.63, 3.8) is 0 Å². The van der Waals surface area contributed by atoms with Gasteiger partial charge in [-0.3, -0.25) is 24.0 Å². The predicted molar refractivity (Wildman–Crippen MR) is 141 cm³/mol. The third-order valence-corrected chi connectivity index (χ3v) is 5.77. The first kappa shape index (κ1) is 32.0. The standard InChI is InChI=1S/C26H31N5O10/c27-17(9-13-1-5-15(32)6-2-13)23(37)29-19(12-22(35)36)25(39)30-18(10-14-3-7-16(33)8-4-14)24(38)31-20(26(40)41)11-21(28)34/h1-8,17-20,32-33H,9-12,27H2,(H2,28,34)(H,29,37)(H,30,39)(H,31,38)(H,35,36)(H,40,41). The Balaban J connectivity index is 2.23. The monoisotopic (exact) mass is 573 g/mol. The summed E-state index contributed by atoms with van der Waals surface area (Å²) in [5.74, 6) is -7.10. The molecule has 15 nitrogen and oxygen atoms in total. The molecule has 2 aromatic carbocycles. The van der Waals surface area contributed by atoms with Gasteiger partial charge in [0, 0.05) is 6.42 Å². The first-order valence-electron chi connectivity index (χ1n) is 12.2. The summed E-state index contributed by atoms with van der Waals surface area (Å²) >= 11 is 0. The van der Waals surface area contributed by atoms with Crippen LogP contribution >= 0.6 is 0 Å². The zero-order valence-electron chi connectivity index (χ0n) is 21.6. The minimum atomic E-state index is -1.72. The fourth-order valence-corrected chi connectivity index (χ4v) is 3.66. The highest BCUT2D eigenvalue weighted by molar-refractivity contribution is 5.96. The van der Waals surface area contributed by atoms with E-state index in [0.717, 1.165) is 0 Å². The maximum absolute atomic E-state index is 13.1. The maximum atomic E-state index is 13.1. The molecule has 0 aromatic heterocycles. The van der Waals surface area contributed by atoms with Crippen LogP contribution in [0.5, 0.6) is 11.5 Å². The van der Waals surface area contributed by atoms with E-state index in [4.69, 9.17) is 11.5 Å². The van der Waals surface area contributed by atoms with Gasteiger partial charge in [-0.1, -0.05) is 24.3 Å². The van der Waals surface area contributed by atoms with Crippen LogP contribution in [0.15, 0.2) is 48.5 Å². The molecule has 0 spiro atoms. The Morgan fingerprint density at radius 2 is 1.07 bits per heavy atom. The number of carboxylic acid groups (broad SMARTS) is 2. The number of amides is 4. The SMILES string of the molecule is NC(=O)CC(NC(=O)C(Cc1ccc(O)cc1)NC(=O)C(CC(=O)O)NC(=O)C(N)Cc1ccc(O)cc1)C(=O)O. The Bertz CT molecular complexity index is 1270. The lowest BCUT2D eigenvalue weighted by Crippen LogP contribution is -2.58. The first-order valence-corrected chi connectivity index (χ1v) is 12.2. The van der Waals surface area contributed by atoms with Crippen molar-refractivity contribution in [1.29, 1.82) is 0 Å². The number of phenolic OH excluding ortho intramolecular Hbond substituents is 2. The van der Waals surface area contributed by atoms with Gasteiger partial charge in [-0.25, -0.2) is 4.79 Å². The lowest BCUT2D eigenvalue weighted by molar-refractivity contribution is -0.144. The number of carbonyl (C=O) groups excluding carboxylic acids is 4. The number of aromatic hydroxyl groups is 2. The van der Waals surface area contributed by atoms with Gasteiger partial charge in [0.15, 0.2) is 0 Å². The Hall–Kier alpha value is -5.18. The molecule has 0 aliphatic heterocycles. The maximum Gasteiger partial charge on any atom is 0.326 e. The van der Waals surface area contributed by atoms with Crippen LogP contribution in [0.2, 0.25) is 0 Å². The molecule has 0 aliphatic rings. The predicted octanol–water partition coefficient (Wildman–Crippen LogP) is -1.90. The number of hydrogen-bond acceptors (Lipinski definition) is 9. The van der Waals surface area contributed by atoms with E-state index in [1.54, 1.807) is 0 Å². The van der Waals surface area contributed by atoms with E-state index < -0.39 is 72.6 Å². The molecule has 4 atom stereocenters. The average molecular weight is 574 g/mol. The summed E-state index contributed by atoms with van der Waals surface area (Å²) in [5.41, 5.74) is 12.0. The molecule has 41 heavy (non-hydrogen) atoms. The average Bonchev–Trinajstić information content (AvgIpc) is 2.89. The van der Waals surface area contributed by atoms with Crippen LogP contribution in [-0.4, -0.2) is 80.2 Å². The van der Waals surface area contributed by atoms with Crippen molar-refractivity contribution in [3.8, 4) is 11.5 Å². The van der Waals surface area contributed by atoms with Gasteiger partial charge >= 0.3 is 11.9 Å². The van der Waals surface area contributed by atoms with E-state index in [0.29, 0.717) is 11.1 Å². The van der Waals surface area contributed by atoms with Crippen LogP contribution in [-0.2, 0) is 41.6 Å². The third kappa shape index (κ3) is 10.8. The van der Waals surface area contributed by atoms with E-state index in [1.165, 1.54) is 48.5 Å². The number of benzene rings is 2. The van der Waals surface area contributed by atoms with Crippen molar-refractivity contribution >= 4 is 35.6 Å². The number of phenols is 2. The second-order valence-corrected chi connectivity index (χ2v) is 9.14. The molecule has 0 fully saturated rings. The minimum absolute atomic E-state index is 0.000151. The van der Waals surface area contributed by atoms with Gasteiger partial charge < -0.3 is 47.8 Å². The highest BCUT2D eigenvalue weighted by Crippen LogP contribution is 2.13. The molecular formula is C26H31N5O10. The fraction of sp³-hybridized carbons (Fsp3) is 0.308. The molecule has 0 saturated carbocycles. The van der Waals surface area contributed by atoms with Crippen molar-refractivity contribution in [2.75, 3.05) is 0 Å². The topological polar surface area (TPSA) is 271 Å². The van der Waals surface area contributed by atoms with Gasteiger partial charge in [0.1, 0.15) is 29.6 Å². The number of nitrogens with two attached hydrogens (primary N) is 2. The minimum Gasteiger partial charge on any atom is -0.508 e. The van der Waals surface area contributed by atoms with Gasteiger partial charge in [0.05, 0.1) is 18.9 Å². The summed E-state index contributed by atoms with van der Waals surface area (Å²) in [4.78, 5) is 73.0. The Morgan fingerprint density at radius 3 is 1.54 bits per heavy atom. The first-order chi connectivity index (χ1) is 19.2. The van der Waals surface area contributed by atoms with Crippen LogP contribution < -0.4 is 27.4 Å². The highest BCUT2D eigenvalue weighted by Gasteiger charge is 2.32. The molecule has 0 radical (unpaired) electrons. The number of carboxylic acids is 2. The van der Waals surface area contributed by atoms with E-state index in [2.05, 4.69) is 16.0 Å². The Labute approximate surface area is 233 Å². The van der Waals surface area contributed by atoms with E-state index in [9.17, 15) is 49.2 Å². The lowest BCUT2D eigenvalue weighted by Gasteiger charge is -2.24. The normalized spacial score (nSPS) is 13.6. The van der Waals surface area contributed by atoms with E-state index >= 15 is 0 Å². The second kappa shape index (κ2) is 14.8. The van der Waals surface area contributed by atoms with E-state index in [-0.39, 0.29) is 24.3 Å². The van der Waals surface area contributed by atoms with Gasteiger partial charge in [-0.05, 0) is 41.8 Å². The summed E-state index contributed by atoms with van der Waals surface area (Å²) < 4.78 is 0. The molecular weight excluding hydrogens is 542 g/mol. The Morgan fingerprint density at radius 1 is 0.634 bits per heavy atom. The quantitative estimate of drug-likeness (QED) is 0.113. The van der Waals surface area contributed by atoms with E-state index in [1.807, 2.05) is 0 Å². The number of hydrogen-bond donors (Lipinski definition) is 9. The van der Waals surface area contributed by atoms with Crippen LogP contribution in [0.25, 0.3) is 0 Å². The van der Waals surface area contributed by atoms with Crippen molar-refractivity contribution in [2.24, 2.45) is 11.5 Å². The van der Waals surface area contributed by atoms with Crippen molar-refractivity contribution in [2.45, 2.75) is 49.9 Å². The second-order valence-electron chi connectivity index (χ2n) is 9.14. The summed E-state index contributed by atoms with van der Waals surface area (Å²) in [5, 5.41) is 44.3. The molecule has 0 saturated heterocycles. The van der Waals surface area contributed by atoms with Crippen molar-refractivity contribution in [3.05, 3.63) is 59.7 Å². The summed E-state index contributed by atoms with van der Waals surface area (Å²) in [6, 6.07) is 5.20. The van der Waals surface area contributed by atoms with Gasteiger partial charge in [0.2, 0.25) is 23.6 Å². The smallest absolute Gasteiger partial charge is 0.326 e. The number of primary amides is 1. The summed E-state index contributed by atoms with van der Waals surface area (Å²) in [6.45, 7) is 0. The van der Waals surface area contributed by atoms with Crippen LogP contribution in [0.4, 0.5) is 0 Å². The number of carbonyl (C=O) groups is 6. The zero-order chi connectivity index (χ0) is 30.7. The van der Waals surface area contributed by atoms with Crippen molar-refractivity contribution in [1.82, 2.24) is 16.0 Å². The number of rotatable bonds is 15.